The summed E-state index contributed by atoms with van der Waals surface area (Å²) >= 11 is 5.71. The second-order valence-corrected chi connectivity index (χ2v) is 4.52. The minimum atomic E-state index is -0.552. The highest BCUT2D eigenvalue weighted by molar-refractivity contribution is 6.30. The lowest BCUT2D eigenvalue weighted by atomic mass is 10.2. The molecule has 0 radical (unpaired) electrons. The third kappa shape index (κ3) is 4.27. The summed E-state index contributed by atoms with van der Waals surface area (Å²) in [6.45, 7) is 5.59. The third-order valence-corrected chi connectivity index (χ3v) is 2.81. The van der Waals surface area contributed by atoms with Gasteiger partial charge in [-0.1, -0.05) is 25.4 Å². The van der Waals surface area contributed by atoms with Crippen molar-refractivity contribution in [2.75, 3.05) is 5.32 Å². The minimum absolute atomic E-state index is 0.0288. The SMILES string of the molecule is CC.Cc1cc(NC(=O)c2ncc(Cl)cc2C#N)ccc1F. The first kappa shape index (κ1) is 17.6. The van der Waals surface area contributed by atoms with E-state index in [1.807, 2.05) is 19.9 Å². The highest BCUT2D eigenvalue weighted by Crippen LogP contribution is 2.17. The molecule has 0 unspecified atom stereocenters. The van der Waals surface area contributed by atoms with Crippen LogP contribution in [0.3, 0.4) is 0 Å². The molecular formula is C16H15ClFN3O. The number of anilines is 1. The molecule has 22 heavy (non-hydrogen) atoms. The van der Waals surface area contributed by atoms with Gasteiger partial charge in [0, 0.05) is 11.9 Å². The van der Waals surface area contributed by atoms with Crippen LogP contribution in [-0.4, -0.2) is 10.9 Å². The predicted octanol–water partition coefficient (Wildman–Crippen LogP) is 4.33. The number of hydrogen-bond donors (Lipinski definition) is 1. The van der Waals surface area contributed by atoms with E-state index in [4.69, 9.17) is 16.9 Å². The van der Waals surface area contributed by atoms with E-state index in [9.17, 15) is 9.18 Å². The molecule has 6 heteroatoms. The van der Waals surface area contributed by atoms with Crippen LogP contribution in [0.25, 0.3) is 0 Å². The Balaban J connectivity index is 0.00000116. The van der Waals surface area contributed by atoms with Crippen LogP contribution >= 0.6 is 11.6 Å². The lowest BCUT2D eigenvalue weighted by Gasteiger charge is -2.07. The first-order valence-electron chi connectivity index (χ1n) is 6.64. The Bertz CT molecular complexity index is 726. The number of carbonyl (C=O) groups excluding carboxylic acids is 1. The van der Waals surface area contributed by atoms with Crippen molar-refractivity contribution in [2.24, 2.45) is 0 Å². The molecule has 0 aliphatic heterocycles. The molecule has 0 atom stereocenters. The quantitative estimate of drug-likeness (QED) is 0.895. The Labute approximate surface area is 133 Å². The molecule has 1 aromatic heterocycles. The molecule has 1 N–H and O–H groups in total. The number of nitrogens with zero attached hydrogens (tertiary/aromatic N) is 2. The van der Waals surface area contributed by atoms with Crippen LogP contribution < -0.4 is 5.32 Å². The summed E-state index contributed by atoms with van der Waals surface area (Å²) in [5.74, 6) is -0.908. The van der Waals surface area contributed by atoms with Gasteiger partial charge in [-0.25, -0.2) is 9.37 Å². The van der Waals surface area contributed by atoms with Gasteiger partial charge >= 0.3 is 0 Å². The van der Waals surface area contributed by atoms with Crippen LogP contribution in [0.15, 0.2) is 30.5 Å². The van der Waals surface area contributed by atoms with Crippen LogP contribution in [0.2, 0.25) is 5.02 Å². The zero-order chi connectivity index (χ0) is 16.7. The number of nitrogens with one attached hydrogen (secondary N) is 1. The maximum atomic E-state index is 13.1. The van der Waals surface area contributed by atoms with E-state index in [2.05, 4.69) is 10.3 Å². The fraction of sp³-hybridized carbons (Fsp3) is 0.188. The maximum Gasteiger partial charge on any atom is 0.275 e. The van der Waals surface area contributed by atoms with Crippen LogP contribution in [0.5, 0.6) is 0 Å². The van der Waals surface area contributed by atoms with E-state index in [1.165, 1.54) is 30.5 Å². The summed E-state index contributed by atoms with van der Waals surface area (Å²) in [5, 5.41) is 11.8. The number of hydrogen-bond acceptors (Lipinski definition) is 3. The summed E-state index contributed by atoms with van der Waals surface area (Å²) in [7, 11) is 0. The lowest BCUT2D eigenvalue weighted by Crippen LogP contribution is -2.15. The molecule has 1 heterocycles. The van der Waals surface area contributed by atoms with Crippen molar-refractivity contribution in [1.29, 1.82) is 5.26 Å². The van der Waals surface area contributed by atoms with Gasteiger partial charge in [0.1, 0.15) is 17.6 Å². The highest BCUT2D eigenvalue weighted by Gasteiger charge is 2.14. The topological polar surface area (TPSA) is 65.8 Å². The molecule has 0 saturated carbocycles. The minimum Gasteiger partial charge on any atom is -0.321 e. The Morgan fingerprint density at radius 2 is 2.05 bits per heavy atom. The van der Waals surface area contributed by atoms with Crippen molar-refractivity contribution in [2.45, 2.75) is 20.8 Å². The third-order valence-electron chi connectivity index (χ3n) is 2.61. The number of pyridine rings is 1. The number of halogens is 2. The van der Waals surface area contributed by atoms with Crippen molar-refractivity contribution < 1.29 is 9.18 Å². The molecule has 0 aliphatic carbocycles. The average molecular weight is 320 g/mol. The zero-order valence-corrected chi connectivity index (χ0v) is 13.2. The molecule has 1 amide bonds. The Kier molecular flexibility index (Phi) is 6.48. The van der Waals surface area contributed by atoms with E-state index >= 15 is 0 Å². The standard InChI is InChI=1S/C14H9ClFN3O.C2H6/c1-8-4-11(2-3-12(8)16)19-14(20)13-9(6-17)5-10(15)7-18-13;1-2/h2-5,7H,1H3,(H,19,20);1-2H3. The number of rotatable bonds is 2. The molecule has 0 spiro atoms. The average Bonchev–Trinajstić information content (AvgIpc) is 2.52. The summed E-state index contributed by atoms with van der Waals surface area (Å²) in [6.07, 6.45) is 1.28. The van der Waals surface area contributed by atoms with Gasteiger partial charge in [0.15, 0.2) is 0 Å². The van der Waals surface area contributed by atoms with E-state index < -0.39 is 5.91 Å². The van der Waals surface area contributed by atoms with Crippen LogP contribution in [0.1, 0.15) is 35.5 Å². The van der Waals surface area contributed by atoms with Gasteiger partial charge < -0.3 is 5.32 Å². The van der Waals surface area contributed by atoms with Crippen LogP contribution in [0, 0.1) is 24.1 Å². The Morgan fingerprint density at radius 3 is 2.64 bits per heavy atom. The van der Waals surface area contributed by atoms with E-state index in [1.54, 1.807) is 6.92 Å². The second-order valence-electron chi connectivity index (χ2n) is 4.08. The number of benzene rings is 1. The second kappa shape index (κ2) is 8.11. The normalized spacial score (nSPS) is 9.27. The summed E-state index contributed by atoms with van der Waals surface area (Å²) in [6, 6.07) is 7.40. The zero-order valence-electron chi connectivity index (χ0n) is 12.4. The molecule has 0 fully saturated rings. The molecule has 0 saturated heterocycles. The molecule has 4 nitrogen and oxygen atoms in total. The van der Waals surface area contributed by atoms with E-state index in [0.717, 1.165) is 0 Å². The van der Waals surface area contributed by atoms with Gasteiger partial charge in [-0.3, -0.25) is 4.79 Å². The van der Waals surface area contributed by atoms with Gasteiger partial charge in [-0.2, -0.15) is 5.26 Å². The number of amides is 1. The number of nitriles is 1. The van der Waals surface area contributed by atoms with E-state index in [0.29, 0.717) is 11.3 Å². The first-order valence-corrected chi connectivity index (χ1v) is 7.02. The van der Waals surface area contributed by atoms with Gasteiger partial charge in [0.25, 0.3) is 5.91 Å². The van der Waals surface area contributed by atoms with Crippen LogP contribution in [0.4, 0.5) is 10.1 Å². The molecule has 2 rings (SSSR count). The lowest BCUT2D eigenvalue weighted by molar-refractivity contribution is 0.102. The van der Waals surface area contributed by atoms with Crippen molar-refractivity contribution in [3.63, 3.8) is 0 Å². The Hall–Kier alpha value is -2.45. The maximum absolute atomic E-state index is 13.1. The fourth-order valence-corrected chi connectivity index (χ4v) is 1.78. The summed E-state index contributed by atoms with van der Waals surface area (Å²) < 4.78 is 13.1. The predicted molar refractivity (Wildman–Crippen MR) is 84.4 cm³/mol. The number of aromatic nitrogens is 1. The van der Waals surface area contributed by atoms with E-state index in [-0.39, 0.29) is 22.1 Å². The first-order chi connectivity index (χ1) is 10.5. The fourth-order valence-electron chi connectivity index (χ4n) is 1.62. The molecule has 2 aromatic rings. The molecule has 114 valence electrons. The molecule has 1 aromatic carbocycles. The van der Waals surface area contributed by atoms with Crippen molar-refractivity contribution >= 4 is 23.2 Å². The smallest absolute Gasteiger partial charge is 0.275 e. The Morgan fingerprint density at radius 1 is 1.36 bits per heavy atom. The van der Waals surface area contributed by atoms with Crippen molar-refractivity contribution in [1.82, 2.24) is 4.98 Å². The van der Waals surface area contributed by atoms with Crippen molar-refractivity contribution in [3.8, 4) is 6.07 Å². The van der Waals surface area contributed by atoms with Crippen molar-refractivity contribution in [3.05, 3.63) is 58.1 Å². The molecule has 0 bridgehead atoms. The van der Waals surface area contributed by atoms with Crippen LogP contribution in [-0.2, 0) is 0 Å². The number of aryl methyl sites for hydroxylation is 1. The largest absolute Gasteiger partial charge is 0.321 e. The monoisotopic (exact) mass is 319 g/mol. The molecule has 0 aliphatic rings. The van der Waals surface area contributed by atoms with Gasteiger partial charge in [0.05, 0.1) is 10.6 Å². The summed E-state index contributed by atoms with van der Waals surface area (Å²) in [4.78, 5) is 15.9. The number of carbonyl (C=O) groups is 1. The summed E-state index contributed by atoms with van der Waals surface area (Å²) in [5.41, 5.74) is 0.884. The van der Waals surface area contributed by atoms with Gasteiger partial charge in [-0.05, 0) is 36.8 Å². The van der Waals surface area contributed by atoms with Gasteiger partial charge in [-0.15, -0.1) is 0 Å². The molecular weight excluding hydrogens is 305 g/mol. The highest BCUT2D eigenvalue weighted by atomic mass is 35.5. The van der Waals surface area contributed by atoms with Gasteiger partial charge in [0.2, 0.25) is 0 Å².